The molecule has 1 fully saturated rings. The molecule has 0 spiro atoms. The molecule has 180 valence electrons. The van der Waals surface area contributed by atoms with Crippen LogP contribution in [-0.2, 0) is 4.79 Å². The zero-order chi connectivity index (χ0) is 25.3. The minimum Gasteiger partial charge on any atom is -0.493 e. The van der Waals surface area contributed by atoms with Crippen molar-refractivity contribution in [2.45, 2.75) is 19.4 Å². The highest BCUT2D eigenvalue weighted by Crippen LogP contribution is 2.31. The Bertz CT molecular complexity index is 1490. The van der Waals surface area contributed by atoms with Crippen molar-refractivity contribution in [3.8, 4) is 35.2 Å². The Balaban J connectivity index is 1.85. The monoisotopic (exact) mass is 482 g/mol. The molecule has 1 amide bonds. The summed E-state index contributed by atoms with van der Waals surface area (Å²) in [5, 5.41) is 10.6. The number of carbonyl (C=O) groups excluding carboxylic acids is 1. The van der Waals surface area contributed by atoms with Gasteiger partial charge in [0.1, 0.15) is 16.8 Å². The molecule has 4 rings (SSSR count). The van der Waals surface area contributed by atoms with Crippen LogP contribution in [0.5, 0.6) is 11.5 Å². The number of hydrogen-bond donors (Lipinski definition) is 2. The van der Waals surface area contributed by atoms with Crippen LogP contribution in [0.25, 0.3) is 10.9 Å². The fourth-order valence-corrected chi connectivity index (χ4v) is 3.90. The van der Waals surface area contributed by atoms with E-state index in [0.717, 1.165) is 6.07 Å². The summed E-state index contributed by atoms with van der Waals surface area (Å²) in [5.74, 6) is 7.12. The molecular weight excluding hydrogens is 462 g/mol. The summed E-state index contributed by atoms with van der Waals surface area (Å²) >= 11 is 0. The summed E-state index contributed by atoms with van der Waals surface area (Å²) in [6, 6.07) is 0.696. The van der Waals surface area contributed by atoms with Crippen molar-refractivity contribution in [1.29, 1.82) is 0 Å². The summed E-state index contributed by atoms with van der Waals surface area (Å²) in [6.45, 7) is 2.24. The molecule has 1 atom stereocenters. The van der Waals surface area contributed by atoms with Gasteiger partial charge in [-0.05, 0) is 25.2 Å². The van der Waals surface area contributed by atoms with Crippen LogP contribution in [0.1, 0.15) is 30.6 Å². The molecule has 0 saturated carbocycles. The van der Waals surface area contributed by atoms with E-state index in [-0.39, 0.29) is 52.4 Å². The van der Waals surface area contributed by atoms with Gasteiger partial charge in [0, 0.05) is 19.2 Å². The van der Waals surface area contributed by atoms with Crippen molar-refractivity contribution in [2.75, 3.05) is 33.0 Å². The molecule has 3 heterocycles. The lowest BCUT2D eigenvalue weighted by molar-refractivity contribution is -0.124. The van der Waals surface area contributed by atoms with Crippen LogP contribution in [0, 0.1) is 35.3 Å². The lowest BCUT2D eigenvalue weighted by Crippen LogP contribution is -2.28. The van der Waals surface area contributed by atoms with Gasteiger partial charge in [-0.25, -0.2) is 13.9 Å². The average Bonchev–Trinajstić information content (AvgIpc) is 3.48. The van der Waals surface area contributed by atoms with Crippen molar-refractivity contribution < 1.29 is 23.0 Å². The number of hydrogen-bond acceptors (Lipinski definition) is 7. The van der Waals surface area contributed by atoms with E-state index >= 15 is 0 Å². The maximum Gasteiger partial charge on any atom is 0.298 e. The normalized spacial score (nSPS) is 14.8. The van der Waals surface area contributed by atoms with Gasteiger partial charge in [0.15, 0.2) is 29.0 Å². The van der Waals surface area contributed by atoms with Gasteiger partial charge in [0.05, 0.1) is 25.6 Å². The van der Waals surface area contributed by atoms with E-state index in [1.54, 1.807) is 11.8 Å². The number of likely N-dealkylation sites (tertiary alicyclic amines) is 1. The number of halogens is 2. The van der Waals surface area contributed by atoms with E-state index in [4.69, 9.17) is 15.2 Å². The van der Waals surface area contributed by atoms with Crippen molar-refractivity contribution in [2.24, 2.45) is 0 Å². The number of benzene rings is 1. The molecule has 0 unspecified atom stereocenters. The topological polar surface area (TPSA) is 128 Å². The molecule has 10 nitrogen and oxygen atoms in total. The number of nitrogens with one attached hydrogen (secondary N) is 1. The first kappa shape index (κ1) is 23.6. The first-order valence-electron chi connectivity index (χ1n) is 10.4. The number of rotatable bonds is 3. The lowest BCUT2D eigenvalue weighted by Gasteiger charge is -2.14. The molecule has 0 bridgehead atoms. The Morgan fingerprint density at radius 3 is 2.54 bits per heavy atom. The summed E-state index contributed by atoms with van der Waals surface area (Å²) in [5.41, 5.74) is 4.91. The maximum absolute atomic E-state index is 14.8. The number of nitrogens with two attached hydrogens (primary N) is 1. The number of nitrogen functional groups attached to an aromatic ring is 1. The van der Waals surface area contributed by atoms with E-state index in [1.807, 2.05) is 0 Å². The van der Waals surface area contributed by atoms with Crippen LogP contribution >= 0.6 is 0 Å². The highest BCUT2D eigenvalue weighted by atomic mass is 19.1. The smallest absolute Gasteiger partial charge is 0.298 e. The number of nitrogens with zero attached hydrogens (tertiary/aromatic N) is 4. The molecule has 0 aliphatic carbocycles. The van der Waals surface area contributed by atoms with Crippen LogP contribution in [0.4, 0.5) is 14.6 Å². The van der Waals surface area contributed by atoms with E-state index in [2.05, 4.69) is 39.0 Å². The van der Waals surface area contributed by atoms with Gasteiger partial charge in [0.25, 0.3) is 11.5 Å². The third kappa shape index (κ3) is 4.10. The summed E-state index contributed by atoms with van der Waals surface area (Å²) in [7, 11) is 2.45. The van der Waals surface area contributed by atoms with Gasteiger partial charge >= 0.3 is 0 Å². The summed E-state index contributed by atoms with van der Waals surface area (Å²) < 4.78 is 40.8. The molecule has 1 aliphatic heterocycles. The SMILES string of the molecule is CC#CC(=O)N1CC[C@H](n2nc(C#Cc3c(F)c(OC)cc(OC)c3F)c3c(N)n[nH]c(=O)c32)C1. The van der Waals surface area contributed by atoms with Gasteiger partial charge in [0.2, 0.25) is 0 Å². The summed E-state index contributed by atoms with van der Waals surface area (Å²) in [4.78, 5) is 26.3. The molecule has 35 heavy (non-hydrogen) atoms. The van der Waals surface area contributed by atoms with Gasteiger partial charge in [-0.1, -0.05) is 11.8 Å². The third-order valence-corrected chi connectivity index (χ3v) is 5.57. The standard InChI is InChI=1S/C23H20F2N6O4/c1-4-5-17(32)30-9-8-12(11-30)31-21-18(22(26)27-28-23(21)33)14(29-31)7-6-13-19(24)15(34-2)10-16(35-3)20(13)25/h10,12H,8-9,11H2,1-3H3,(H2,26,27)(H,28,33)/t12-/m0/s1. The second-order valence-corrected chi connectivity index (χ2v) is 7.56. The molecule has 2 aromatic heterocycles. The van der Waals surface area contributed by atoms with Crippen LogP contribution in [0.2, 0.25) is 0 Å². The Morgan fingerprint density at radius 2 is 1.91 bits per heavy atom. The fraction of sp³-hybridized carbons (Fsp3) is 0.304. The van der Waals surface area contributed by atoms with Crippen LogP contribution in [0.15, 0.2) is 10.9 Å². The van der Waals surface area contributed by atoms with Crippen LogP contribution in [0.3, 0.4) is 0 Å². The lowest BCUT2D eigenvalue weighted by atomic mass is 10.1. The minimum atomic E-state index is -1.02. The predicted octanol–water partition coefficient (Wildman–Crippen LogP) is 1.19. The molecule has 1 saturated heterocycles. The Hall–Kier alpha value is -4.58. The van der Waals surface area contributed by atoms with Crippen LogP contribution in [-0.4, -0.2) is 58.1 Å². The van der Waals surface area contributed by atoms with Gasteiger partial charge in [-0.3, -0.25) is 14.3 Å². The average molecular weight is 482 g/mol. The highest BCUT2D eigenvalue weighted by Gasteiger charge is 2.30. The van der Waals surface area contributed by atoms with E-state index in [9.17, 15) is 18.4 Å². The van der Waals surface area contributed by atoms with Gasteiger partial charge in [-0.2, -0.15) is 10.2 Å². The number of carbonyl (C=O) groups is 1. The zero-order valence-corrected chi connectivity index (χ0v) is 19.0. The number of anilines is 1. The van der Waals surface area contributed by atoms with E-state index in [1.165, 1.54) is 18.9 Å². The van der Waals surface area contributed by atoms with Crippen molar-refractivity contribution in [1.82, 2.24) is 24.9 Å². The largest absolute Gasteiger partial charge is 0.493 e. The van der Waals surface area contributed by atoms with Crippen molar-refractivity contribution in [3.63, 3.8) is 0 Å². The number of aromatic nitrogens is 4. The van der Waals surface area contributed by atoms with Gasteiger partial charge < -0.3 is 20.1 Å². The number of aromatic amines is 1. The Morgan fingerprint density at radius 1 is 1.23 bits per heavy atom. The van der Waals surface area contributed by atoms with Crippen molar-refractivity contribution in [3.05, 3.63) is 39.3 Å². The molecule has 1 aliphatic rings. The quantitative estimate of drug-likeness (QED) is 0.537. The minimum absolute atomic E-state index is 0.00480. The molecule has 12 heteroatoms. The first-order valence-corrected chi connectivity index (χ1v) is 10.4. The number of ether oxygens (including phenoxy) is 2. The van der Waals surface area contributed by atoms with E-state index < -0.39 is 22.8 Å². The fourth-order valence-electron chi connectivity index (χ4n) is 3.90. The second-order valence-electron chi connectivity index (χ2n) is 7.56. The maximum atomic E-state index is 14.8. The molecule has 0 radical (unpaired) electrons. The Kier molecular flexibility index (Phi) is 6.30. The Labute approximate surface area is 198 Å². The first-order chi connectivity index (χ1) is 16.8. The van der Waals surface area contributed by atoms with Gasteiger partial charge in [-0.15, -0.1) is 0 Å². The number of H-pyrrole nitrogens is 1. The van der Waals surface area contributed by atoms with Crippen LogP contribution < -0.4 is 20.8 Å². The molecule has 3 N–H and O–H groups in total. The molecule has 1 aromatic carbocycles. The highest BCUT2D eigenvalue weighted by molar-refractivity contribution is 5.94. The van der Waals surface area contributed by atoms with E-state index in [0.29, 0.717) is 13.0 Å². The number of amides is 1. The zero-order valence-electron chi connectivity index (χ0n) is 19.0. The number of methoxy groups -OCH3 is 2. The number of fused-ring (bicyclic) bond motifs is 1. The third-order valence-electron chi connectivity index (χ3n) is 5.57. The predicted molar refractivity (Wildman–Crippen MR) is 122 cm³/mol. The van der Waals surface area contributed by atoms with Crippen molar-refractivity contribution >= 4 is 22.6 Å². The molecular formula is C23H20F2N6O4. The summed E-state index contributed by atoms with van der Waals surface area (Å²) in [6.07, 6.45) is 0.499. The second kappa shape index (κ2) is 9.35. The molecule has 3 aromatic rings.